The number of rotatable bonds is 5. The van der Waals surface area contributed by atoms with E-state index in [1.165, 1.54) is 32.6 Å². The SMILES string of the molecule is CC(=O)NCc1cc(C2CCCN2C(=O)CN2CCCCCC2)ccn1. The monoisotopic (exact) mass is 358 g/mol. The van der Waals surface area contributed by atoms with Gasteiger partial charge in [-0.2, -0.15) is 0 Å². The Morgan fingerprint density at radius 1 is 1.15 bits per heavy atom. The number of likely N-dealkylation sites (tertiary alicyclic amines) is 2. The third kappa shape index (κ3) is 5.04. The smallest absolute Gasteiger partial charge is 0.237 e. The second kappa shape index (κ2) is 9.12. The molecule has 2 aliphatic rings. The maximum absolute atomic E-state index is 12.9. The largest absolute Gasteiger partial charge is 0.351 e. The molecular weight excluding hydrogens is 328 g/mol. The van der Waals surface area contributed by atoms with Gasteiger partial charge in [-0.25, -0.2) is 0 Å². The summed E-state index contributed by atoms with van der Waals surface area (Å²) in [6.07, 6.45) is 8.79. The van der Waals surface area contributed by atoms with Crippen molar-refractivity contribution in [2.75, 3.05) is 26.2 Å². The first-order valence-electron chi connectivity index (χ1n) is 9.84. The number of hydrogen-bond donors (Lipinski definition) is 1. The van der Waals surface area contributed by atoms with Crippen LogP contribution in [-0.2, 0) is 16.1 Å². The Hall–Kier alpha value is -1.95. The first kappa shape index (κ1) is 18.8. The van der Waals surface area contributed by atoms with Crippen LogP contribution in [0.2, 0.25) is 0 Å². The highest BCUT2D eigenvalue weighted by Gasteiger charge is 2.31. The number of pyridine rings is 1. The highest BCUT2D eigenvalue weighted by Crippen LogP contribution is 2.32. The Balaban J connectivity index is 1.64. The van der Waals surface area contributed by atoms with E-state index in [-0.39, 0.29) is 17.9 Å². The van der Waals surface area contributed by atoms with Gasteiger partial charge in [-0.1, -0.05) is 12.8 Å². The minimum atomic E-state index is -0.0627. The third-order valence-electron chi connectivity index (χ3n) is 5.37. The zero-order valence-corrected chi connectivity index (χ0v) is 15.7. The molecule has 0 radical (unpaired) electrons. The molecule has 1 atom stereocenters. The quantitative estimate of drug-likeness (QED) is 0.877. The molecule has 3 rings (SSSR count). The summed E-state index contributed by atoms with van der Waals surface area (Å²) in [6.45, 7) is 5.39. The molecule has 26 heavy (non-hydrogen) atoms. The van der Waals surface area contributed by atoms with Crippen molar-refractivity contribution >= 4 is 11.8 Å². The predicted octanol–water partition coefficient (Wildman–Crippen LogP) is 2.26. The van der Waals surface area contributed by atoms with E-state index >= 15 is 0 Å². The maximum atomic E-state index is 12.9. The molecule has 1 aromatic heterocycles. The number of carbonyl (C=O) groups excluding carboxylic acids is 2. The summed E-state index contributed by atoms with van der Waals surface area (Å²) in [5.74, 6) is 0.182. The first-order valence-corrected chi connectivity index (χ1v) is 9.84. The molecule has 0 bridgehead atoms. The van der Waals surface area contributed by atoms with Crippen LogP contribution in [0.4, 0.5) is 0 Å². The van der Waals surface area contributed by atoms with Gasteiger partial charge in [0.05, 0.1) is 24.8 Å². The Kier molecular flexibility index (Phi) is 6.61. The van der Waals surface area contributed by atoms with Gasteiger partial charge in [-0.05, 0) is 56.5 Å². The molecule has 1 N–H and O–H groups in total. The van der Waals surface area contributed by atoms with Gasteiger partial charge in [0.15, 0.2) is 0 Å². The number of nitrogens with zero attached hydrogens (tertiary/aromatic N) is 3. The van der Waals surface area contributed by atoms with Crippen LogP contribution in [0, 0.1) is 0 Å². The zero-order valence-electron chi connectivity index (χ0n) is 15.7. The van der Waals surface area contributed by atoms with E-state index in [2.05, 4.69) is 15.2 Å². The zero-order chi connectivity index (χ0) is 18.4. The Morgan fingerprint density at radius 2 is 1.92 bits per heavy atom. The molecule has 2 fully saturated rings. The van der Waals surface area contributed by atoms with Gasteiger partial charge in [0.2, 0.25) is 11.8 Å². The molecule has 2 saturated heterocycles. The van der Waals surface area contributed by atoms with Crippen LogP contribution < -0.4 is 5.32 Å². The molecule has 1 aromatic rings. The Labute approximate surface area is 156 Å². The molecule has 0 aliphatic carbocycles. The molecule has 0 spiro atoms. The van der Waals surface area contributed by atoms with E-state index in [0.29, 0.717) is 13.1 Å². The van der Waals surface area contributed by atoms with E-state index in [9.17, 15) is 9.59 Å². The molecule has 2 aliphatic heterocycles. The lowest BCUT2D eigenvalue weighted by atomic mass is 10.0. The molecule has 2 amide bonds. The van der Waals surface area contributed by atoms with Crippen LogP contribution in [-0.4, -0.2) is 52.8 Å². The number of carbonyl (C=O) groups is 2. The van der Waals surface area contributed by atoms with Gasteiger partial charge in [0, 0.05) is 19.7 Å². The summed E-state index contributed by atoms with van der Waals surface area (Å²) in [5, 5.41) is 2.79. The highest BCUT2D eigenvalue weighted by atomic mass is 16.2. The van der Waals surface area contributed by atoms with Gasteiger partial charge in [0.25, 0.3) is 0 Å². The molecule has 3 heterocycles. The fourth-order valence-corrected chi connectivity index (χ4v) is 4.00. The van der Waals surface area contributed by atoms with E-state index < -0.39 is 0 Å². The minimum absolute atomic E-state index is 0.0627. The lowest BCUT2D eigenvalue weighted by Gasteiger charge is -2.28. The summed E-state index contributed by atoms with van der Waals surface area (Å²) >= 11 is 0. The van der Waals surface area contributed by atoms with Gasteiger partial charge < -0.3 is 10.2 Å². The van der Waals surface area contributed by atoms with Crippen molar-refractivity contribution in [3.63, 3.8) is 0 Å². The van der Waals surface area contributed by atoms with Crippen LogP contribution in [0.5, 0.6) is 0 Å². The average molecular weight is 358 g/mol. The van der Waals surface area contributed by atoms with Crippen LogP contribution in [0.1, 0.15) is 62.7 Å². The van der Waals surface area contributed by atoms with E-state index in [1.807, 2.05) is 17.0 Å². The highest BCUT2D eigenvalue weighted by molar-refractivity contribution is 5.79. The number of aromatic nitrogens is 1. The molecular formula is C20H30N4O2. The normalized spacial score (nSPS) is 21.4. The van der Waals surface area contributed by atoms with Crippen LogP contribution in [0.3, 0.4) is 0 Å². The van der Waals surface area contributed by atoms with E-state index in [0.717, 1.165) is 43.7 Å². The fraction of sp³-hybridized carbons (Fsp3) is 0.650. The summed E-state index contributed by atoms with van der Waals surface area (Å²) < 4.78 is 0. The number of amides is 2. The van der Waals surface area contributed by atoms with Crippen molar-refractivity contribution < 1.29 is 9.59 Å². The van der Waals surface area contributed by atoms with Gasteiger partial charge in [0.1, 0.15) is 0 Å². The van der Waals surface area contributed by atoms with Crippen molar-refractivity contribution in [1.82, 2.24) is 20.1 Å². The Morgan fingerprint density at radius 3 is 2.65 bits per heavy atom. The Bertz CT molecular complexity index is 626. The lowest BCUT2D eigenvalue weighted by molar-refractivity contribution is -0.133. The molecule has 0 aromatic carbocycles. The van der Waals surface area contributed by atoms with Gasteiger partial charge in [-0.3, -0.25) is 19.5 Å². The van der Waals surface area contributed by atoms with E-state index in [1.54, 1.807) is 6.20 Å². The predicted molar refractivity (Wildman–Crippen MR) is 100 cm³/mol. The van der Waals surface area contributed by atoms with Crippen molar-refractivity contribution in [3.05, 3.63) is 29.6 Å². The van der Waals surface area contributed by atoms with Crippen LogP contribution >= 0.6 is 0 Å². The van der Waals surface area contributed by atoms with Crippen LogP contribution in [0.15, 0.2) is 18.3 Å². The summed E-state index contributed by atoms with van der Waals surface area (Å²) in [6, 6.07) is 4.16. The van der Waals surface area contributed by atoms with Crippen LogP contribution in [0.25, 0.3) is 0 Å². The van der Waals surface area contributed by atoms with Gasteiger partial charge >= 0.3 is 0 Å². The summed E-state index contributed by atoms with van der Waals surface area (Å²) in [4.78, 5) is 32.7. The van der Waals surface area contributed by atoms with Gasteiger partial charge in [-0.15, -0.1) is 0 Å². The lowest BCUT2D eigenvalue weighted by Crippen LogP contribution is -2.40. The van der Waals surface area contributed by atoms with Crippen molar-refractivity contribution in [1.29, 1.82) is 0 Å². The summed E-state index contributed by atoms with van der Waals surface area (Å²) in [7, 11) is 0. The summed E-state index contributed by atoms with van der Waals surface area (Å²) in [5.41, 5.74) is 1.96. The minimum Gasteiger partial charge on any atom is -0.351 e. The molecule has 6 heteroatoms. The second-order valence-corrected chi connectivity index (χ2v) is 7.43. The van der Waals surface area contributed by atoms with Crippen molar-refractivity contribution in [3.8, 4) is 0 Å². The second-order valence-electron chi connectivity index (χ2n) is 7.43. The molecule has 1 unspecified atom stereocenters. The number of hydrogen-bond acceptors (Lipinski definition) is 4. The van der Waals surface area contributed by atoms with Crippen molar-refractivity contribution in [2.45, 2.75) is 58.0 Å². The molecule has 142 valence electrons. The number of nitrogens with one attached hydrogen (secondary N) is 1. The molecule has 6 nitrogen and oxygen atoms in total. The topological polar surface area (TPSA) is 65.5 Å². The third-order valence-corrected chi connectivity index (χ3v) is 5.37. The molecule has 0 saturated carbocycles. The standard InChI is InChI=1S/C20H30N4O2/c1-16(25)22-14-18-13-17(8-9-21-18)19-7-6-12-24(19)20(26)15-23-10-4-2-3-5-11-23/h8-9,13,19H,2-7,10-12,14-15H2,1H3,(H,22,25). The fourth-order valence-electron chi connectivity index (χ4n) is 4.00. The van der Waals surface area contributed by atoms with E-state index in [4.69, 9.17) is 0 Å². The first-order chi connectivity index (χ1) is 12.6. The van der Waals surface area contributed by atoms with Crippen molar-refractivity contribution in [2.24, 2.45) is 0 Å². The average Bonchev–Trinajstić information content (AvgIpc) is 2.99. The maximum Gasteiger partial charge on any atom is 0.237 e.